The summed E-state index contributed by atoms with van der Waals surface area (Å²) in [5.74, 6) is -0.677. The highest BCUT2D eigenvalue weighted by Crippen LogP contribution is 2.12. The van der Waals surface area contributed by atoms with Crippen molar-refractivity contribution in [3.63, 3.8) is 0 Å². The number of carbonyl (C=O) groups is 1. The van der Waals surface area contributed by atoms with Crippen LogP contribution in [0.4, 0.5) is 0 Å². The van der Waals surface area contributed by atoms with Crippen LogP contribution < -0.4 is 5.63 Å². The van der Waals surface area contributed by atoms with Gasteiger partial charge in [0.1, 0.15) is 0 Å². The Morgan fingerprint density at radius 1 is 1.69 bits per heavy atom. The van der Waals surface area contributed by atoms with Gasteiger partial charge in [-0.15, -0.1) is 0 Å². The monoisotopic (exact) mass is 246 g/mol. The van der Waals surface area contributed by atoms with Crippen molar-refractivity contribution in [3.05, 3.63) is 32.8 Å². The number of esters is 1. The second-order valence-electron chi connectivity index (χ2n) is 2.15. The molecule has 0 spiro atoms. The first-order valence-corrected chi connectivity index (χ1v) is 4.40. The van der Waals surface area contributed by atoms with Gasteiger partial charge in [-0.25, -0.2) is 9.59 Å². The third kappa shape index (κ3) is 2.18. The minimum atomic E-state index is -0.701. The van der Waals surface area contributed by atoms with Crippen molar-refractivity contribution >= 4 is 21.9 Å². The van der Waals surface area contributed by atoms with E-state index in [2.05, 4.69) is 25.1 Å². The third-order valence-corrected chi connectivity index (χ3v) is 1.97. The summed E-state index contributed by atoms with van der Waals surface area (Å²) in [4.78, 5) is 22.2. The van der Waals surface area contributed by atoms with Gasteiger partial charge in [-0.1, -0.05) is 0 Å². The summed E-state index contributed by atoms with van der Waals surface area (Å²) in [7, 11) is 0. The maximum Gasteiger partial charge on any atom is 0.351 e. The molecule has 0 bridgehead atoms. The lowest BCUT2D eigenvalue weighted by atomic mass is 10.3. The quantitative estimate of drug-likeness (QED) is 0.744. The smallest absolute Gasteiger partial charge is 0.351 e. The fourth-order valence-electron chi connectivity index (χ4n) is 0.779. The summed E-state index contributed by atoms with van der Waals surface area (Å²) < 4.78 is 9.56. The number of hydrogen-bond acceptors (Lipinski definition) is 4. The molecule has 0 aliphatic heterocycles. The summed E-state index contributed by atoms with van der Waals surface area (Å²) in [5, 5.41) is 0. The van der Waals surface area contributed by atoms with Gasteiger partial charge in [-0.05, 0) is 28.9 Å². The Bertz CT molecular complexity index is 369. The van der Waals surface area contributed by atoms with E-state index in [0.29, 0.717) is 4.47 Å². The fraction of sp³-hybridized carbons (Fsp3) is 0.250. The normalized spacial score (nSPS) is 9.69. The van der Waals surface area contributed by atoms with Crippen LogP contribution in [0.3, 0.4) is 0 Å². The highest BCUT2D eigenvalue weighted by atomic mass is 79.9. The molecule has 5 heteroatoms. The number of halogens is 1. The summed E-state index contributed by atoms with van der Waals surface area (Å²) in [6.07, 6.45) is 1.20. The molecular formula is C8H7BrO4. The molecule has 4 nitrogen and oxygen atoms in total. The van der Waals surface area contributed by atoms with Gasteiger partial charge in [0.05, 0.1) is 12.9 Å². The number of ether oxygens (including phenoxy) is 1. The first-order chi connectivity index (χ1) is 6.16. The second kappa shape index (κ2) is 4.23. The lowest BCUT2D eigenvalue weighted by Gasteiger charge is -2.00. The Morgan fingerprint density at radius 2 is 2.38 bits per heavy atom. The molecule has 0 amide bonds. The number of carbonyl (C=O) groups excluding carboxylic acids is 1. The first-order valence-electron chi connectivity index (χ1n) is 3.61. The number of rotatable bonds is 2. The molecule has 0 saturated carbocycles. The van der Waals surface area contributed by atoms with E-state index in [1.165, 1.54) is 12.3 Å². The van der Waals surface area contributed by atoms with Gasteiger partial charge in [0.15, 0.2) is 5.56 Å². The summed E-state index contributed by atoms with van der Waals surface area (Å²) in [6, 6.07) is 1.47. The van der Waals surface area contributed by atoms with Crippen molar-refractivity contribution in [1.82, 2.24) is 0 Å². The van der Waals surface area contributed by atoms with Gasteiger partial charge < -0.3 is 9.15 Å². The van der Waals surface area contributed by atoms with Crippen molar-refractivity contribution in [2.24, 2.45) is 0 Å². The zero-order valence-electron chi connectivity index (χ0n) is 6.87. The predicted molar refractivity (Wildman–Crippen MR) is 48.6 cm³/mol. The molecule has 0 aromatic carbocycles. The van der Waals surface area contributed by atoms with Crippen LogP contribution in [0.25, 0.3) is 0 Å². The highest BCUT2D eigenvalue weighted by Gasteiger charge is 2.16. The fourth-order valence-corrected chi connectivity index (χ4v) is 1.21. The van der Waals surface area contributed by atoms with E-state index in [1.807, 2.05) is 0 Å². The van der Waals surface area contributed by atoms with Crippen molar-refractivity contribution < 1.29 is 13.9 Å². The van der Waals surface area contributed by atoms with Crippen molar-refractivity contribution in [1.29, 1.82) is 0 Å². The Labute approximate surface area is 82.6 Å². The van der Waals surface area contributed by atoms with Crippen LogP contribution in [-0.4, -0.2) is 12.6 Å². The van der Waals surface area contributed by atoms with Gasteiger partial charge in [-0.2, -0.15) is 0 Å². The zero-order valence-corrected chi connectivity index (χ0v) is 8.46. The third-order valence-electron chi connectivity index (χ3n) is 1.31. The van der Waals surface area contributed by atoms with E-state index in [4.69, 9.17) is 0 Å². The average Bonchev–Trinajstić information content (AvgIpc) is 2.04. The molecule has 0 aliphatic rings. The molecule has 0 radical (unpaired) electrons. The van der Waals surface area contributed by atoms with Gasteiger partial charge in [0.2, 0.25) is 0 Å². The Kier molecular flexibility index (Phi) is 3.25. The summed E-state index contributed by atoms with van der Waals surface area (Å²) in [5.41, 5.74) is -0.808. The molecule has 0 fully saturated rings. The predicted octanol–water partition coefficient (Wildman–Crippen LogP) is 1.58. The van der Waals surface area contributed by atoms with Crippen LogP contribution in [-0.2, 0) is 4.74 Å². The van der Waals surface area contributed by atoms with Gasteiger partial charge >= 0.3 is 11.6 Å². The maximum absolute atomic E-state index is 11.2. The van der Waals surface area contributed by atoms with Crippen LogP contribution >= 0.6 is 15.9 Å². The van der Waals surface area contributed by atoms with Crippen LogP contribution in [0.5, 0.6) is 0 Å². The molecule has 1 heterocycles. The Hall–Kier alpha value is -1.10. The van der Waals surface area contributed by atoms with Gasteiger partial charge in [0, 0.05) is 4.47 Å². The van der Waals surface area contributed by atoms with Crippen molar-refractivity contribution in [3.8, 4) is 0 Å². The van der Waals surface area contributed by atoms with E-state index >= 15 is 0 Å². The van der Waals surface area contributed by atoms with E-state index in [0.717, 1.165) is 0 Å². The second-order valence-corrected chi connectivity index (χ2v) is 3.01. The van der Waals surface area contributed by atoms with E-state index in [-0.39, 0.29) is 12.2 Å². The van der Waals surface area contributed by atoms with E-state index in [1.54, 1.807) is 6.92 Å². The minimum absolute atomic E-state index is 0.107. The molecule has 1 aromatic heterocycles. The van der Waals surface area contributed by atoms with Crippen LogP contribution in [0.2, 0.25) is 0 Å². The maximum atomic E-state index is 11.2. The molecule has 1 aromatic rings. The lowest BCUT2D eigenvalue weighted by molar-refractivity contribution is 0.0520. The largest absolute Gasteiger partial charge is 0.462 e. The van der Waals surface area contributed by atoms with E-state index in [9.17, 15) is 9.59 Å². The standard InChI is InChI=1S/C8H7BrO4/c1-2-12-7(10)6-5(9)3-4-13-8(6)11/h3-4H,2H2,1H3. The van der Waals surface area contributed by atoms with Gasteiger partial charge in [-0.3, -0.25) is 0 Å². The Balaban J connectivity index is 3.13. The topological polar surface area (TPSA) is 56.5 Å². The molecule has 70 valence electrons. The van der Waals surface area contributed by atoms with E-state index < -0.39 is 11.6 Å². The first kappa shape index (κ1) is 9.98. The van der Waals surface area contributed by atoms with Crippen LogP contribution in [0.1, 0.15) is 17.3 Å². The van der Waals surface area contributed by atoms with Crippen LogP contribution in [0.15, 0.2) is 26.0 Å². The summed E-state index contributed by atoms with van der Waals surface area (Å²) in [6.45, 7) is 1.88. The molecule has 1 rings (SSSR count). The summed E-state index contributed by atoms with van der Waals surface area (Å²) >= 11 is 3.06. The minimum Gasteiger partial charge on any atom is -0.462 e. The average molecular weight is 247 g/mol. The highest BCUT2D eigenvalue weighted by molar-refractivity contribution is 9.10. The molecule has 0 N–H and O–H groups in total. The van der Waals surface area contributed by atoms with Crippen LogP contribution in [0, 0.1) is 0 Å². The number of hydrogen-bond donors (Lipinski definition) is 0. The Morgan fingerprint density at radius 3 is 2.92 bits per heavy atom. The SMILES string of the molecule is CCOC(=O)c1c(Br)ccoc1=O. The zero-order chi connectivity index (χ0) is 9.84. The molecule has 13 heavy (non-hydrogen) atoms. The molecule has 0 saturated heterocycles. The van der Waals surface area contributed by atoms with Crippen molar-refractivity contribution in [2.75, 3.05) is 6.61 Å². The lowest BCUT2D eigenvalue weighted by Crippen LogP contribution is -2.16. The molecule has 0 aliphatic carbocycles. The molecular weight excluding hydrogens is 240 g/mol. The molecule has 0 atom stereocenters. The van der Waals surface area contributed by atoms with Crippen molar-refractivity contribution in [2.45, 2.75) is 6.92 Å². The van der Waals surface area contributed by atoms with Gasteiger partial charge in [0.25, 0.3) is 0 Å². The molecule has 0 unspecified atom stereocenters.